The van der Waals surface area contributed by atoms with E-state index in [1.807, 2.05) is 18.2 Å². The van der Waals surface area contributed by atoms with Gasteiger partial charge in [-0.2, -0.15) is 5.26 Å². The maximum Gasteiger partial charge on any atom is 0.101 e. The summed E-state index contributed by atoms with van der Waals surface area (Å²) in [5.41, 5.74) is 2.60. The van der Waals surface area contributed by atoms with E-state index in [9.17, 15) is 0 Å². The van der Waals surface area contributed by atoms with E-state index < -0.39 is 0 Å². The number of halogens is 1. The Labute approximate surface area is 128 Å². The summed E-state index contributed by atoms with van der Waals surface area (Å²) in [5, 5.41) is 15.3. The van der Waals surface area contributed by atoms with Crippen LogP contribution in [0.25, 0.3) is 10.8 Å². The maximum atomic E-state index is 9.01. The van der Waals surface area contributed by atoms with Gasteiger partial charge in [0.2, 0.25) is 0 Å². The Balaban J connectivity index is 1.86. The highest BCUT2D eigenvalue weighted by atomic mass is 35.5. The zero-order valence-corrected chi connectivity index (χ0v) is 12.1. The van der Waals surface area contributed by atoms with Crippen molar-refractivity contribution in [1.82, 2.24) is 0 Å². The SMILES string of the molecule is N#Cc1cc(NCc2cccc3ccccc23)ccc1Cl. The molecule has 0 aromatic heterocycles. The summed E-state index contributed by atoms with van der Waals surface area (Å²) in [5.74, 6) is 0. The van der Waals surface area contributed by atoms with Crippen LogP contribution in [0.1, 0.15) is 11.1 Å². The third-order valence-electron chi connectivity index (χ3n) is 3.45. The summed E-state index contributed by atoms with van der Waals surface area (Å²) in [6.45, 7) is 0.702. The van der Waals surface area contributed by atoms with Gasteiger partial charge in [0.25, 0.3) is 0 Å². The van der Waals surface area contributed by atoms with Gasteiger partial charge in [-0.1, -0.05) is 54.1 Å². The Kier molecular flexibility index (Phi) is 3.77. The maximum absolute atomic E-state index is 9.01. The van der Waals surface area contributed by atoms with Gasteiger partial charge in [0, 0.05) is 12.2 Å². The van der Waals surface area contributed by atoms with Gasteiger partial charge in [0.1, 0.15) is 6.07 Å². The minimum atomic E-state index is 0.480. The van der Waals surface area contributed by atoms with Gasteiger partial charge in [0.15, 0.2) is 0 Å². The van der Waals surface area contributed by atoms with Crippen LogP contribution in [0.15, 0.2) is 60.7 Å². The van der Waals surface area contributed by atoms with Crippen LogP contribution in [0, 0.1) is 11.3 Å². The highest BCUT2D eigenvalue weighted by molar-refractivity contribution is 6.31. The molecule has 1 N–H and O–H groups in total. The molecule has 0 amide bonds. The van der Waals surface area contributed by atoms with Crippen molar-refractivity contribution in [2.45, 2.75) is 6.54 Å². The molecule has 0 heterocycles. The lowest BCUT2D eigenvalue weighted by atomic mass is 10.0. The fraction of sp³-hybridized carbons (Fsp3) is 0.0556. The second-order valence-corrected chi connectivity index (χ2v) is 5.21. The molecule has 0 aliphatic carbocycles. The molecule has 0 aliphatic rings. The standard InChI is InChI=1S/C18H13ClN2/c19-18-9-8-16(10-15(18)11-20)21-12-14-6-3-5-13-4-1-2-7-17(13)14/h1-10,21H,12H2. The molecular formula is C18H13ClN2. The molecule has 0 aliphatic heterocycles. The minimum Gasteiger partial charge on any atom is -0.381 e. The number of nitrogens with zero attached hydrogens (tertiary/aromatic N) is 1. The first-order valence-corrected chi connectivity index (χ1v) is 7.06. The van der Waals surface area contributed by atoms with Gasteiger partial charge < -0.3 is 5.32 Å². The van der Waals surface area contributed by atoms with Crippen molar-refractivity contribution in [3.8, 4) is 6.07 Å². The van der Waals surface area contributed by atoms with Gasteiger partial charge in [-0.05, 0) is 34.5 Å². The van der Waals surface area contributed by atoms with Crippen LogP contribution in [0.3, 0.4) is 0 Å². The summed E-state index contributed by atoms with van der Waals surface area (Å²) in [6, 6.07) is 22.1. The monoisotopic (exact) mass is 292 g/mol. The van der Waals surface area contributed by atoms with E-state index in [1.54, 1.807) is 12.1 Å². The number of benzene rings is 3. The zero-order chi connectivity index (χ0) is 14.7. The molecular weight excluding hydrogens is 280 g/mol. The molecule has 3 aromatic carbocycles. The van der Waals surface area contributed by atoms with E-state index in [1.165, 1.54) is 16.3 Å². The van der Waals surface area contributed by atoms with E-state index in [4.69, 9.17) is 16.9 Å². The quantitative estimate of drug-likeness (QED) is 0.739. The second-order valence-electron chi connectivity index (χ2n) is 4.80. The Morgan fingerprint density at radius 2 is 1.81 bits per heavy atom. The first kappa shape index (κ1) is 13.5. The molecule has 0 radical (unpaired) electrons. The van der Waals surface area contributed by atoms with Crippen molar-refractivity contribution in [3.05, 3.63) is 76.8 Å². The first-order valence-electron chi connectivity index (χ1n) is 6.68. The summed E-state index contributed by atoms with van der Waals surface area (Å²) in [7, 11) is 0. The molecule has 0 unspecified atom stereocenters. The average Bonchev–Trinajstić information content (AvgIpc) is 2.54. The van der Waals surface area contributed by atoms with Crippen LogP contribution in [0.2, 0.25) is 5.02 Å². The van der Waals surface area contributed by atoms with Crippen molar-refractivity contribution in [2.75, 3.05) is 5.32 Å². The molecule has 102 valence electrons. The van der Waals surface area contributed by atoms with E-state index in [2.05, 4.69) is 41.7 Å². The van der Waals surface area contributed by atoms with Crippen molar-refractivity contribution in [2.24, 2.45) is 0 Å². The molecule has 3 rings (SSSR count). The Hall–Kier alpha value is -2.50. The van der Waals surface area contributed by atoms with Crippen LogP contribution in [0.5, 0.6) is 0 Å². The predicted molar refractivity (Wildman–Crippen MR) is 87.4 cm³/mol. The van der Waals surface area contributed by atoms with E-state index in [0.29, 0.717) is 17.1 Å². The fourth-order valence-electron chi connectivity index (χ4n) is 2.36. The minimum absolute atomic E-state index is 0.480. The topological polar surface area (TPSA) is 35.8 Å². The van der Waals surface area contributed by atoms with Crippen molar-refractivity contribution >= 4 is 28.1 Å². The van der Waals surface area contributed by atoms with Gasteiger partial charge in [-0.25, -0.2) is 0 Å². The van der Waals surface area contributed by atoms with Crippen LogP contribution in [-0.2, 0) is 6.54 Å². The smallest absolute Gasteiger partial charge is 0.101 e. The van der Waals surface area contributed by atoms with Gasteiger partial charge in [-0.3, -0.25) is 0 Å². The predicted octanol–water partition coefficient (Wildman–Crippen LogP) is 4.98. The third-order valence-corrected chi connectivity index (χ3v) is 3.78. The molecule has 3 heteroatoms. The Morgan fingerprint density at radius 3 is 2.67 bits per heavy atom. The van der Waals surface area contributed by atoms with Gasteiger partial charge in [-0.15, -0.1) is 0 Å². The number of nitriles is 1. The zero-order valence-electron chi connectivity index (χ0n) is 11.3. The molecule has 21 heavy (non-hydrogen) atoms. The number of anilines is 1. The average molecular weight is 293 g/mol. The molecule has 0 spiro atoms. The first-order chi connectivity index (χ1) is 10.3. The Bertz CT molecular complexity index is 829. The summed E-state index contributed by atoms with van der Waals surface area (Å²) in [6.07, 6.45) is 0. The van der Waals surface area contributed by atoms with Crippen LogP contribution in [0.4, 0.5) is 5.69 Å². The number of nitrogens with one attached hydrogen (secondary N) is 1. The van der Waals surface area contributed by atoms with Crippen molar-refractivity contribution in [1.29, 1.82) is 5.26 Å². The fourth-order valence-corrected chi connectivity index (χ4v) is 2.52. The van der Waals surface area contributed by atoms with Gasteiger partial charge >= 0.3 is 0 Å². The molecule has 0 bridgehead atoms. The third kappa shape index (κ3) is 2.84. The Morgan fingerprint density at radius 1 is 1.00 bits per heavy atom. The van der Waals surface area contributed by atoms with E-state index >= 15 is 0 Å². The van der Waals surface area contributed by atoms with Crippen LogP contribution < -0.4 is 5.32 Å². The summed E-state index contributed by atoms with van der Waals surface area (Å²) >= 11 is 5.94. The molecule has 2 nitrogen and oxygen atoms in total. The lowest BCUT2D eigenvalue weighted by Crippen LogP contribution is -2.00. The number of fused-ring (bicyclic) bond motifs is 1. The van der Waals surface area contributed by atoms with Crippen molar-refractivity contribution in [3.63, 3.8) is 0 Å². The molecule has 0 atom stereocenters. The normalized spacial score (nSPS) is 10.3. The van der Waals surface area contributed by atoms with Crippen LogP contribution in [-0.4, -0.2) is 0 Å². The summed E-state index contributed by atoms with van der Waals surface area (Å²) in [4.78, 5) is 0. The lowest BCUT2D eigenvalue weighted by Gasteiger charge is -2.10. The highest BCUT2D eigenvalue weighted by Crippen LogP contribution is 2.22. The lowest BCUT2D eigenvalue weighted by molar-refractivity contribution is 1.17. The number of rotatable bonds is 3. The molecule has 3 aromatic rings. The van der Waals surface area contributed by atoms with E-state index in [0.717, 1.165) is 5.69 Å². The molecule has 0 saturated heterocycles. The molecule has 0 fully saturated rings. The second kappa shape index (κ2) is 5.87. The van der Waals surface area contributed by atoms with Gasteiger partial charge in [0.05, 0.1) is 10.6 Å². The highest BCUT2D eigenvalue weighted by Gasteiger charge is 2.03. The van der Waals surface area contributed by atoms with Crippen molar-refractivity contribution < 1.29 is 0 Å². The summed E-state index contributed by atoms with van der Waals surface area (Å²) < 4.78 is 0. The van der Waals surface area contributed by atoms with E-state index in [-0.39, 0.29) is 0 Å². The number of hydrogen-bond donors (Lipinski definition) is 1. The largest absolute Gasteiger partial charge is 0.381 e. The van der Waals surface area contributed by atoms with Crippen LogP contribution >= 0.6 is 11.6 Å². The molecule has 0 saturated carbocycles. The number of hydrogen-bond acceptors (Lipinski definition) is 2.